The fourth-order valence-electron chi connectivity index (χ4n) is 6.36. The van der Waals surface area contributed by atoms with Crippen LogP contribution in [-0.2, 0) is 9.59 Å². The van der Waals surface area contributed by atoms with Gasteiger partial charge in [0.25, 0.3) is 5.92 Å². The first-order valence-electron chi connectivity index (χ1n) is 8.85. The minimum atomic E-state index is -2.91. The van der Waals surface area contributed by atoms with Crippen molar-refractivity contribution >= 4 is 11.6 Å². The van der Waals surface area contributed by atoms with Crippen LogP contribution in [-0.4, -0.2) is 17.5 Å². The molecule has 3 saturated carbocycles. The SMILES string of the molecule is C[C@]12CCC(=O)C=C1C(F)(F)C[C@@H]1[C@@H]2CC[C@]2(C)C(=O)CC[C@@H]12. The molecule has 0 N–H and O–H groups in total. The lowest BCUT2D eigenvalue weighted by atomic mass is 9.46. The molecule has 23 heavy (non-hydrogen) atoms. The molecule has 4 rings (SSSR count). The zero-order chi connectivity index (χ0) is 16.6. The Kier molecular flexibility index (Phi) is 3.04. The molecule has 0 unspecified atom stereocenters. The number of carbonyl (C=O) groups is 2. The van der Waals surface area contributed by atoms with Gasteiger partial charge in [0.15, 0.2) is 5.78 Å². The van der Waals surface area contributed by atoms with Gasteiger partial charge in [-0.3, -0.25) is 9.59 Å². The summed E-state index contributed by atoms with van der Waals surface area (Å²) in [6.45, 7) is 3.94. The monoisotopic (exact) mass is 322 g/mol. The lowest BCUT2D eigenvalue weighted by molar-refractivity contribution is -0.145. The summed E-state index contributed by atoms with van der Waals surface area (Å²) < 4.78 is 29.8. The molecule has 0 heterocycles. The molecule has 0 aliphatic heterocycles. The van der Waals surface area contributed by atoms with Crippen molar-refractivity contribution in [3.8, 4) is 0 Å². The van der Waals surface area contributed by atoms with Gasteiger partial charge in [-0.1, -0.05) is 13.8 Å². The molecule has 0 aromatic heterocycles. The Labute approximate surface area is 135 Å². The lowest BCUT2D eigenvalue weighted by Crippen LogP contribution is -2.55. The Morgan fingerprint density at radius 2 is 1.70 bits per heavy atom. The molecular formula is C19H24F2O2. The predicted octanol–water partition coefficient (Wildman–Crippen LogP) is 4.33. The zero-order valence-electron chi connectivity index (χ0n) is 13.8. The van der Waals surface area contributed by atoms with E-state index in [1.54, 1.807) is 0 Å². The molecule has 0 amide bonds. The first-order valence-corrected chi connectivity index (χ1v) is 8.85. The van der Waals surface area contributed by atoms with Crippen molar-refractivity contribution in [2.24, 2.45) is 28.6 Å². The Bertz CT molecular complexity index is 623. The number of allylic oxidation sites excluding steroid dienone is 1. The van der Waals surface area contributed by atoms with E-state index >= 15 is 0 Å². The first-order chi connectivity index (χ1) is 10.7. The van der Waals surface area contributed by atoms with Crippen molar-refractivity contribution in [1.82, 2.24) is 0 Å². The number of hydrogen-bond acceptors (Lipinski definition) is 2. The maximum Gasteiger partial charge on any atom is 0.270 e. The molecule has 0 bridgehead atoms. The second kappa shape index (κ2) is 4.52. The summed E-state index contributed by atoms with van der Waals surface area (Å²) in [7, 11) is 0. The van der Waals surface area contributed by atoms with E-state index in [1.807, 2.05) is 13.8 Å². The van der Waals surface area contributed by atoms with Crippen molar-refractivity contribution in [2.75, 3.05) is 0 Å². The standard InChI is InChI=1S/C19H24F2O2/c1-17-7-5-11(22)9-15(17)19(20,21)10-12-13-3-4-16(23)18(13,2)8-6-14(12)17/h9,12-14H,3-8,10H2,1-2H3/t12-,13-,14-,17+,18-/m0/s1. The molecule has 0 spiro atoms. The normalized spacial score (nSPS) is 48.3. The minimum absolute atomic E-state index is 0.0791. The van der Waals surface area contributed by atoms with Gasteiger partial charge in [-0.2, -0.15) is 0 Å². The number of ketones is 2. The number of Topliss-reactive ketones (excluding diaryl/α,β-unsaturated/α-hetero) is 1. The Balaban J connectivity index is 1.79. The van der Waals surface area contributed by atoms with Crippen LogP contribution >= 0.6 is 0 Å². The molecular weight excluding hydrogens is 298 g/mol. The van der Waals surface area contributed by atoms with Crippen LogP contribution in [0.3, 0.4) is 0 Å². The van der Waals surface area contributed by atoms with E-state index in [0.29, 0.717) is 19.3 Å². The van der Waals surface area contributed by atoms with Gasteiger partial charge in [0.05, 0.1) is 0 Å². The van der Waals surface area contributed by atoms with Gasteiger partial charge in [0.2, 0.25) is 0 Å². The van der Waals surface area contributed by atoms with Crippen LogP contribution < -0.4 is 0 Å². The first kappa shape index (κ1) is 15.5. The lowest BCUT2D eigenvalue weighted by Gasteiger charge is -2.58. The number of halogens is 2. The Hall–Kier alpha value is -1.06. The van der Waals surface area contributed by atoms with Gasteiger partial charge in [-0.15, -0.1) is 0 Å². The average Bonchev–Trinajstić information content (AvgIpc) is 2.77. The van der Waals surface area contributed by atoms with Gasteiger partial charge in [0.1, 0.15) is 5.78 Å². The van der Waals surface area contributed by atoms with Crippen molar-refractivity contribution < 1.29 is 18.4 Å². The summed E-state index contributed by atoms with van der Waals surface area (Å²) in [5, 5.41) is 0. The van der Waals surface area contributed by atoms with E-state index in [0.717, 1.165) is 19.3 Å². The highest BCUT2D eigenvalue weighted by molar-refractivity contribution is 5.92. The van der Waals surface area contributed by atoms with Gasteiger partial charge >= 0.3 is 0 Å². The molecule has 3 fully saturated rings. The second-order valence-corrected chi connectivity index (χ2v) is 8.65. The third-order valence-electron chi connectivity index (χ3n) is 7.66. The van der Waals surface area contributed by atoms with Crippen LogP contribution in [0.1, 0.15) is 58.8 Å². The largest absolute Gasteiger partial charge is 0.299 e. The minimum Gasteiger partial charge on any atom is -0.299 e. The van der Waals surface area contributed by atoms with E-state index in [-0.39, 0.29) is 46.7 Å². The summed E-state index contributed by atoms with van der Waals surface area (Å²) in [6.07, 6.45) is 4.94. The van der Waals surface area contributed by atoms with Gasteiger partial charge in [-0.25, -0.2) is 8.78 Å². The molecule has 0 aromatic rings. The fraction of sp³-hybridized carbons (Fsp3) is 0.789. The summed E-state index contributed by atoms with van der Waals surface area (Å²) in [4.78, 5) is 24.1. The number of fused-ring (bicyclic) bond motifs is 5. The van der Waals surface area contributed by atoms with E-state index in [1.165, 1.54) is 6.08 Å². The van der Waals surface area contributed by atoms with Crippen molar-refractivity contribution in [1.29, 1.82) is 0 Å². The summed E-state index contributed by atoms with van der Waals surface area (Å²) in [5.74, 6) is -2.61. The molecule has 4 aliphatic carbocycles. The molecule has 2 nitrogen and oxygen atoms in total. The molecule has 0 radical (unpaired) electrons. The number of hydrogen-bond donors (Lipinski definition) is 0. The Morgan fingerprint density at radius 1 is 1.00 bits per heavy atom. The van der Waals surface area contributed by atoms with E-state index in [4.69, 9.17) is 0 Å². The van der Waals surface area contributed by atoms with Crippen molar-refractivity contribution in [3.63, 3.8) is 0 Å². The average molecular weight is 322 g/mol. The van der Waals surface area contributed by atoms with Crippen LogP contribution in [0.2, 0.25) is 0 Å². The summed E-state index contributed by atoms with van der Waals surface area (Å²) in [6, 6.07) is 0. The van der Waals surface area contributed by atoms with E-state index in [9.17, 15) is 18.4 Å². The van der Waals surface area contributed by atoms with Crippen molar-refractivity contribution in [3.05, 3.63) is 11.6 Å². The number of carbonyl (C=O) groups excluding carboxylic acids is 2. The van der Waals surface area contributed by atoms with Gasteiger partial charge < -0.3 is 0 Å². The molecule has 5 atom stereocenters. The van der Waals surface area contributed by atoms with Crippen LogP contribution in [0.4, 0.5) is 8.78 Å². The van der Waals surface area contributed by atoms with E-state index in [2.05, 4.69) is 0 Å². The number of alkyl halides is 2. The molecule has 4 heteroatoms. The van der Waals surface area contributed by atoms with Gasteiger partial charge in [0, 0.05) is 30.3 Å². The Morgan fingerprint density at radius 3 is 2.43 bits per heavy atom. The highest BCUT2D eigenvalue weighted by Crippen LogP contribution is 2.67. The predicted molar refractivity (Wildman–Crippen MR) is 82.0 cm³/mol. The maximum atomic E-state index is 14.9. The van der Waals surface area contributed by atoms with Crippen LogP contribution in [0.5, 0.6) is 0 Å². The molecule has 0 saturated heterocycles. The van der Waals surface area contributed by atoms with E-state index < -0.39 is 11.3 Å². The highest BCUT2D eigenvalue weighted by Gasteiger charge is 2.64. The smallest absolute Gasteiger partial charge is 0.270 e. The fourth-order valence-corrected chi connectivity index (χ4v) is 6.36. The van der Waals surface area contributed by atoms with Crippen LogP contribution in [0, 0.1) is 28.6 Å². The molecule has 4 aliphatic rings. The maximum absolute atomic E-state index is 14.9. The van der Waals surface area contributed by atoms with Crippen LogP contribution in [0.15, 0.2) is 11.6 Å². The van der Waals surface area contributed by atoms with Gasteiger partial charge in [-0.05, 0) is 54.9 Å². The van der Waals surface area contributed by atoms with Crippen LogP contribution in [0.25, 0.3) is 0 Å². The summed E-state index contributed by atoms with van der Waals surface area (Å²) >= 11 is 0. The van der Waals surface area contributed by atoms with Crippen molar-refractivity contribution in [2.45, 2.75) is 64.7 Å². The topological polar surface area (TPSA) is 34.1 Å². The molecule has 126 valence electrons. The third-order valence-corrected chi connectivity index (χ3v) is 7.66. The third kappa shape index (κ3) is 1.90. The second-order valence-electron chi connectivity index (χ2n) is 8.65. The summed E-state index contributed by atoms with van der Waals surface area (Å²) in [5.41, 5.74) is -0.887. The quantitative estimate of drug-likeness (QED) is 0.665. The highest BCUT2D eigenvalue weighted by atomic mass is 19.3. The zero-order valence-corrected chi connectivity index (χ0v) is 13.8. The number of rotatable bonds is 0. The molecule has 0 aromatic carbocycles.